The molecular formula is C20H19N3O4. The SMILES string of the molecule is Cc1ccccc1-c1noc(CN(C)C(=O)c2ccc3c(c2)OCCO3)n1. The fraction of sp³-hybridized carbons (Fsp3) is 0.250. The van der Waals surface area contributed by atoms with Crippen LogP contribution in [0.2, 0.25) is 0 Å². The Labute approximate surface area is 156 Å². The van der Waals surface area contributed by atoms with Gasteiger partial charge in [-0.1, -0.05) is 29.4 Å². The zero-order valence-electron chi connectivity index (χ0n) is 15.1. The first-order valence-electron chi connectivity index (χ1n) is 8.65. The smallest absolute Gasteiger partial charge is 0.254 e. The molecule has 1 aliphatic heterocycles. The van der Waals surface area contributed by atoms with E-state index in [-0.39, 0.29) is 12.5 Å². The second kappa shape index (κ2) is 7.11. The number of hydrogen-bond donors (Lipinski definition) is 0. The first-order valence-corrected chi connectivity index (χ1v) is 8.65. The molecule has 138 valence electrons. The van der Waals surface area contributed by atoms with Crippen LogP contribution in [0, 0.1) is 6.92 Å². The van der Waals surface area contributed by atoms with Crippen molar-refractivity contribution in [1.82, 2.24) is 15.0 Å². The highest BCUT2D eigenvalue weighted by atomic mass is 16.6. The van der Waals surface area contributed by atoms with Crippen LogP contribution >= 0.6 is 0 Å². The van der Waals surface area contributed by atoms with Gasteiger partial charge in [0.25, 0.3) is 5.91 Å². The molecule has 1 aromatic heterocycles. The number of aryl methyl sites for hydroxylation is 1. The lowest BCUT2D eigenvalue weighted by Crippen LogP contribution is -2.26. The van der Waals surface area contributed by atoms with Crippen molar-refractivity contribution in [2.24, 2.45) is 0 Å². The molecule has 1 amide bonds. The maximum Gasteiger partial charge on any atom is 0.254 e. The monoisotopic (exact) mass is 365 g/mol. The predicted octanol–water partition coefficient (Wildman–Crippen LogP) is 3.09. The molecule has 0 spiro atoms. The summed E-state index contributed by atoms with van der Waals surface area (Å²) in [6, 6.07) is 13.0. The Morgan fingerprint density at radius 2 is 1.89 bits per heavy atom. The van der Waals surface area contributed by atoms with Crippen molar-refractivity contribution in [3.8, 4) is 22.9 Å². The summed E-state index contributed by atoms with van der Waals surface area (Å²) in [4.78, 5) is 18.6. The fourth-order valence-electron chi connectivity index (χ4n) is 2.92. The number of ether oxygens (including phenoxy) is 2. The summed E-state index contributed by atoms with van der Waals surface area (Å²) < 4.78 is 16.3. The van der Waals surface area contributed by atoms with E-state index in [1.54, 1.807) is 25.2 Å². The molecule has 1 aliphatic rings. The molecule has 27 heavy (non-hydrogen) atoms. The van der Waals surface area contributed by atoms with Gasteiger partial charge in [0.1, 0.15) is 13.2 Å². The van der Waals surface area contributed by atoms with Gasteiger partial charge >= 0.3 is 0 Å². The first kappa shape index (κ1) is 17.1. The molecule has 0 unspecified atom stereocenters. The predicted molar refractivity (Wildman–Crippen MR) is 97.7 cm³/mol. The van der Waals surface area contributed by atoms with Crippen LogP contribution in [0.3, 0.4) is 0 Å². The van der Waals surface area contributed by atoms with Gasteiger partial charge in [-0.25, -0.2) is 0 Å². The Morgan fingerprint density at radius 1 is 1.11 bits per heavy atom. The Kier molecular flexibility index (Phi) is 4.50. The van der Waals surface area contributed by atoms with E-state index in [4.69, 9.17) is 14.0 Å². The van der Waals surface area contributed by atoms with Crippen LogP contribution in [0.25, 0.3) is 11.4 Å². The summed E-state index contributed by atoms with van der Waals surface area (Å²) in [5.41, 5.74) is 2.49. The van der Waals surface area contributed by atoms with Gasteiger partial charge in [-0.3, -0.25) is 4.79 Å². The largest absolute Gasteiger partial charge is 0.486 e. The third-order valence-electron chi connectivity index (χ3n) is 4.36. The van der Waals surface area contributed by atoms with Gasteiger partial charge in [0.2, 0.25) is 11.7 Å². The van der Waals surface area contributed by atoms with E-state index in [2.05, 4.69) is 10.1 Å². The zero-order valence-corrected chi connectivity index (χ0v) is 15.1. The highest BCUT2D eigenvalue weighted by Crippen LogP contribution is 2.31. The van der Waals surface area contributed by atoms with E-state index in [1.165, 1.54) is 4.90 Å². The third kappa shape index (κ3) is 3.48. The molecule has 0 aliphatic carbocycles. The molecule has 2 heterocycles. The fourth-order valence-corrected chi connectivity index (χ4v) is 2.92. The van der Waals surface area contributed by atoms with Crippen LogP contribution in [0.4, 0.5) is 0 Å². The summed E-state index contributed by atoms with van der Waals surface area (Å²) in [5, 5.41) is 4.03. The van der Waals surface area contributed by atoms with Gasteiger partial charge in [0.05, 0.1) is 6.54 Å². The minimum absolute atomic E-state index is 0.164. The van der Waals surface area contributed by atoms with Crippen molar-refractivity contribution in [3.63, 3.8) is 0 Å². The highest BCUT2D eigenvalue weighted by Gasteiger charge is 2.19. The van der Waals surface area contributed by atoms with Gasteiger partial charge in [-0.2, -0.15) is 4.98 Å². The van der Waals surface area contributed by atoms with E-state index in [0.29, 0.717) is 42.0 Å². The molecule has 0 fully saturated rings. The molecular weight excluding hydrogens is 346 g/mol. The quantitative estimate of drug-likeness (QED) is 0.707. The lowest BCUT2D eigenvalue weighted by atomic mass is 10.1. The zero-order chi connectivity index (χ0) is 18.8. The van der Waals surface area contributed by atoms with Gasteiger partial charge < -0.3 is 18.9 Å². The summed E-state index contributed by atoms with van der Waals surface area (Å²) in [6.07, 6.45) is 0. The minimum atomic E-state index is -0.164. The lowest BCUT2D eigenvalue weighted by Gasteiger charge is -2.20. The summed E-state index contributed by atoms with van der Waals surface area (Å²) >= 11 is 0. The number of aromatic nitrogens is 2. The standard InChI is InChI=1S/C20H19N3O4/c1-13-5-3-4-6-15(13)19-21-18(27-22-19)12-23(2)20(24)14-7-8-16-17(11-14)26-10-9-25-16/h3-8,11H,9-10,12H2,1-2H3. The van der Waals surface area contributed by atoms with Crippen LogP contribution in [-0.2, 0) is 6.54 Å². The van der Waals surface area contributed by atoms with Crippen LogP contribution in [0.1, 0.15) is 21.8 Å². The maximum absolute atomic E-state index is 12.7. The third-order valence-corrected chi connectivity index (χ3v) is 4.36. The molecule has 0 N–H and O–H groups in total. The number of nitrogens with zero attached hydrogens (tertiary/aromatic N) is 3. The van der Waals surface area contributed by atoms with E-state index in [0.717, 1.165) is 11.1 Å². The number of carbonyl (C=O) groups is 1. The van der Waals surface area contributed by atoms with Gasteiger partial charge in [0.15, 0.2) is 11.5 Å². The molecule has 0 radical (unpaired) electrons. The Bertz CT molecular complexity index is 983. The van der Waals surface area contributed by atoms with Crippen molar-refractivity contribution >= 4 is 5.91 Å². The lowest BCUT2D eigenvalue weighted by molar-refractivity contribution is 0.0768. The van der Waals surface area contributed by atoms with Crippen LogP contribution in [0.5, 0.6) is 11.5 Å². The van der Waals surface area contributed by atoms with E-state index in [1.807, 2.05) is 31.2 Å². The Morgan fingerprint density at radius 3 is 2.70 bits per heavy atom. The van der Waals surface area contributed by atoms with E-state index >= 15 is 0 Å². The molecule has 0 saturated carbocycles. The Hall–Kier alpha value is -3.35. The first-order chi connectivity index (χ1) is 13.1. The van der Waals surface area contributed by atoms with Gasteiger partial charge in [-0.05, 0) is 30.7 Å². The Balaban J connectivity index is 1.48. The minimum Gasteiger partial charge on any atom is -0.486 e. The van der Waals surface area contributed by atoms with Crippen molar-refractivity contribution in [2.75, 3.05) is 20.3 Å². The van der Waals surface area contributed by atoms with Gasteiger partial charge in [-0.15, -0.1) is 0 Å². The maximum atomic E-state index is 12.7. The normalized spacial score (nSPS) is 12.7. The van der Waals surface area contributed by atoms with Crippen LogP contribution in [0.15, 0.2) is 47.0 Å². The number of rotatable bonds is 4. The van der Waals surface area contributed by atoms with E-state index < -0.39 is 0 Å². The second-order valence-corrected chi connectivity index (χ2v) is 6.35. The number of amides is 1. The summed E-state index contributed by atoms with van der Waals surface area (Å²) in [7, 11) is 1.69. The molecule has 0 saturated heterocycles. The average molecular weight is 365 g/mol. The molecule has 0 bridgehead atoms. The summed E-state index contributed by atoms with van der Waals surface area (Å²) in [6.45, 7) is 3.19. The molecule has 0 atom stereocenters. The molecule has 2 aromatic carbocycles. The van der Waals surface area contributed by atoms with Crippen molar-refractivity contribution in [1.29, 1.82) is 0 Å². The topological polar surface area (TPSA) is 77.7 Å². The van der Waals surface area contributed by atoms with Crippen LogP contribution < -0.4 is 9.47 Å². The molecule has 3 aromatic rings. The number of fused-ring (bicyclic) bond motifs is 1. The highest BCUT2D eigenvalue weighted by molar-refractivity contribution is 5.94. The van der Waals surface area contributed by atoms with Crippen LogP contribution in [-0.4, -0.2) is 41.2 Å². The van der Waals surface area contributed by atoms with Crippen molar-refractivity contribution in [2.45, 2.75) is 13.5 Å². The number of benzene rings is 2. The number of hydrogen-bond acceptors (Lipinski definition) is 6. The van der Waals surface area contributed by atoms with Crippen molar-refractivity contribution in [3.05, 3.63) is 59.5 Å². The molecule has 7 heteroatoms. The summed E-state index contributed by atoms with van der Waals surface area (Å²) in [5.74, 6) is 1.97. The molecule has 4 rings (SSSR count). The van der Waals surface area contributed by atoms with Gasteiger partial charge in [0, 0.05) is 18.2 Å². The average Bonchev–Trinajstić information content (AvgIpc) is 3.15. The second-order valence-electron chi connectivity index (χ2n) is 6.35. The van der Waals surface area contributed by atoms with E-state index in [9.17, 15) is 4.79 Å². The van der Waals surface area contributed by atoms with Crippen molar-refractivity contribution < 1.29 is 18.8 Å². The molecule has 7 nitrogen and oxygen atoms in total. The number of carbonyl (C=O) groups excluding carboxylic acids is 1.